The van der Waals surface area contributed by atoms with Crippen LogP contribution in [0.4, 0.5) is 13.2 Å². The molecular weight excluding hydrogens is 451 g/mol. The van der Waals surface area contributed by atoms with Crippen LogP contribution in [-0.4, -0.2) is 48.0 Å². The lowest BCUT2D eigenvalue weighted by molar-refractivity contribution is -0.138. The summed E-state index contributed by atoms with van der Waals surface area (Å²) < 4.78 is 54.8. The van der Waals surface area contributed by atoms with Gasteiger partial charge < -0.3 is 14.8 Å². The molecule has 0 bridgehead atoms. The van der Waals surface area contributed by atoms with Crippen LogP contribution in [0.15, 0.2) is 18.2 Å². The summed E-state index contributed by atoms with van der Waals surface area (Å²) in [5, 5.41) is 7.41. The Labute approximate surface area is 195 Å². The number of hydrogen-bond donors (Lipinski definition) is 1. The summed E-state index contributed by atoms with van der Waals surface area (Å²) in [5.41, 5.74) is -1.14. The summed E-state index contributed by atoms with van der Waals surface area (Å²) in [7, 11) is 0. The number of ether oxygens (including phenoxy) is 2. The lowest BCUT2D eigenvalue weighted by Gasteiger charge is -2.36. The summed E-state index contributed by atoms with van der Waals surface area (Å²) in [4.78, 5) is 25.6. The van der Waals surface area contributed by atoms with Crippen LogP contribution in [0, 0.1) is 5.41 Å². The van der Waals surface area contributed by atoms with Crippen molar-refractivity contribution in [1.82, 2.24) is 15.1 Å². The van der Waals surface area contributed by atoms with Crippen LogP contribution in [0.1, 0.15) is 70.8 Å². The Balaban J connectivity index is 1.92. The molecule has 184 valence electrons. The number of fused-ring (bicyclic) bond motifs is 1. The summed E-state index contributed by atoms with van der Waals surface area (Å²) >= 11 is 0. The minimum Gasteiger partial charge on any atom is -0.462 e. The SMILES string of the molecule is CCCOC(=O)c1cccc(-n2nc(CC)c3c2CC2(CCOCC2)CNC3=O)c1C(F)(F)F. The third-order valence-corrected chi connectivity index (χ3v) is 6.55. The van der Waals surface area contributed by atoms with Gasteiger partial charge in [0.1, 0.15) is 0 Å². The first-order chi connectivity index (χ1) is 16.2. The Bertz CT molecular complexity index is 1090. The van der Waals surface area contributed by atoms with Crippen molar-refractivity contribution in [3.63, 3.8) is 0 Å². The van der Waals surface area contributed by atoms with Crippen LogP contribution in [0.25, 0.3) is 5.69 Å². The van der Waals surface area contributed by atoms with E-state index in [1.165, 1.54) is 16.8 Å². The van der Waals surface area contributed by atoms with Gasteiger partial charge in [0, 0.05) is 19.8 Å². The van der Waals surface area contributed by atoms with Gasteiger partial charge in [-0.25, -0.2) is 9.48 Å². The molecule has 2 aliphatic rings. The molecule has 4 rings (SSSR count). The number of aryl methyl sites for hydroxylation is 1. The van der Waals surface area contributed by atoms with Crippen LogP contribution < -0.4 is 5.32 Å². The van der Waals surface area contributed by atoms with Crippen molar-refractivity contribution in [2.75, 3.05) is 26.4 Å². The van der Waals surface area contributed by atoms with Crippen LogP contribution in [0.5, 0.6) is 0 Å². The van der Waals surface area contributed by atoms with Gasteiger partial charge in [0.15, 0.2) is 0 Å². The molecule has 1 aromatic heterocycles. The fraction of sp³-hybridized carbons (Fsp3) is 0.542. The van der Waals surface area contributed by atoms with Gasteiger partial charge in [-0.2, -0.15) is 18.3 Å². The van der Waals surface area contributed by atoms with Crippen molar-refractivity contribution < 1.29 is 32.2 Å². The second-order valence-corrected chi connectivity index (χ2v) is 8.84. The Hall–Kier alpha value is -2.88. The standard InChI is InChI=1S/C24H28F3N3O4/c1-3-10-34-22(32)15-6-5-7-17(20(15)24(25,26)27)30-18-13-23(8-11-33-12-9-23)14-28-21(31)19(18)16(4-2)29-30/h5-7H,3-4,8-14H2,1-2H3,(H,28,31). The van der Waals surface area contributed by atoms with E-state index in [4.69, 9.17) is 9.47 Å². The van der Waals surface area contributed by atoms with Crippen LogP contribution in [-0.2, 0) is 28.5 Å². The molecular formula is C24H28F3N3O4. The molecule has 1 aromatic carbocycles. The van der Waals surface area contributed by atoms with Crippen molar-refractivity contribution in [2.45, 2.75) is 52.1 Å². The number of benzene rings is 1. The molecule has 0 aliphatic carbocycles. The second kappa shape index (κ2) is 9.40. The molecule has 1 N–H and O–H groups in total. The van der Waals surface area contributed by atoms with Crippen LogP contribution in [0.3, 0.4) is 0 Å². The fourth-order valence-electron chi connectivity index (χ4n) is 4.76. The zero-order valence-electron chi connectivity index (χ0n) is 19.3. The first-order valence-electron chi connectivity index (χ1n) is 11.5. The fourth-order valence-corrected chi connectivity index (χ4v) is 4.76. The van der Waals surface area contributed by atoms with E-state index in [9.17, 15) is 22.8 Å². The lowest BCUT2D eigenvalue weighted by Crippen LogP contribution is -2.40. The predicted octanol–water partition coefficient (Wildman–Crippen LogP) is 4.10. The molecule has 0 atom stereocenters. The molecule has 34 heavy (non-hydrogen) atoms. The number of amides is 1. The maximum absolute atomic E-state index is 14.4. The number of carbonyl (C=O) groups is 2. The molecule has 1 fully saturated rings. The van der Waals surface area contributed by atoms with Gasteiger partial charge in [0.25, 0.3) is 5.91 Å². The van der Waals surface area contributed by atoms with Crippen molar-refractivity contribution in [3.05, 3.63) is 46.3 Å². The molecule has 0 unspecified atom stereocenters. The van der Waals surface area contributed by atoms with Crippen LogP contribution >= 0.6 is 0 Å². The van der Waals surface area contributed by atoms with E-state index >= 15 is 0 Å². The van der Waals surface area contributed by atoms with E-state index in [1.807, 2.05) is 0 Å². The molecule has 2 aromatic rings. The van der Waals surface area contributed by atoms with Crippen molar-refractivity contribution in [3.8, 4) is 5.69 Å². The van der Waals surface area contributed by atoms with Crippen molar-refractivity contribution in [1.29, 1.82) is 0 Å². The smallest absolute Gasteiger partial charge is 0.419 e. The van der Waals surface area contributed by atoms with E-state index < -0.39 is 23.3 Å². The van der Waals surface area contributed by atoms with Crippen molar-refractivity contribution in [2.24, 2.45) is 5.41 Å². The number of nitrogens with one attached hydrogen (secondary N) is 1. The molecule has 1 saturated heterocycles. The minimum atomic E-state index is -4.84. The number of hydrogen-bond acceptors (Lipinski definition) is 5. The zero-order chi connectivity index (χ0) is 24.5. The Morgan fingerprint density at radius 2 is 2.00 bits per heavy atom. The summed E-state index contributed by atoms with van der Waals surface area (Å²) in [6.45, 7) is 5.04. The van der Waals surface area contributed by atoms with E-state index in [-0.39, 0.29) is 23.6 Å². The second-order valence-electron chi connectivity index (χ2n) is 8.84. The molecule has 2 aliphatic heterocycles. The number of halogens is 3. The van der Waals surface area contributed by atoms with Gasteiger partial charge >= 0.3 is 12.1 Å². The van der Waals surface area contributed by atoms with Gasteiger partial charge in [-0.1, -0.05) is 19.9 Å². The van der Waals surface area contributed by atoms with Gasteiger partial charge in [0.2, 0.25) is 0 Å². The maximum Gasteiger partial charge on any atom is 0.419 e. The highest BCUT2D eigenvalue weighted by molar-refractivity contribution is 5.97. The molecule has 10 heteroatoms. The average molecular weight is 479 g/mol. The summed E-state index contributed by atoms with van der Waals surface area (Å²) in [6, 6.07) is 3.78. The topological polar surface area (TPSA) is 82.5 Å². The highest BCUT2D eigenvalue weighted by Gasteiger charge is 2.43. The number of carbonyl (C=O) groups excluding carboxylic acids is 2. The quantitative estimate of drug-likeness (QED) is 0.653. The number of alkyl halides is 3. The monoisotopic (exact) mass is 479 g/mol. The largest absolute Gasteiger partial charge is 0.462 e. The van der Waals surface area contributed by atoms with E-state index in [0.717, 1.165) is 6.07 Å². The van der Waals surface area contributed by atoms with E-state index in [2.05, 4.69) is 10.4 Å². The van der Waals surface area contributed by atoms with Gasteiger partial charge in [-0.3, -0.25) is 4.79 Å². The number of nitrogens with zero attached hydrogens (tertiary/aromatic N) is 2. The Morgan fingerprint density at radius 3 is 2.65 bits per heavy atom. The zero-order valence-corrected chi connectivity index (χ0v) is 19.3. The first kappa shape index (κ1) is 24.3. The molecule has 7 nitrogen and oxygen atoms in total. The van der Waals surface area contributed by atoms with Gasteiger partial charge in [-0.15, -0.1) is 0 Å². The summed E-state index contributed by atoms with van der Waals surface area (Å²) in [5.74, 6) is -1.38. The third-order valence-electron chi connectivity index (χ3n) is 6.55. The van der Waals surface area contributed by atoms with Crippen molar-refractivity contribution >= 4 is 11.9 Å². The van der Waals surface area contributed by atoms with E-state index in [1.54, 1.807) is 13.8 Å². The molecule has 0 saturated carbocycles. The highest BCUT2D eigenvalue weighted by Crippen LogP contribution is 2.41. The first-order valence-corrected chi connectivity index (χ1v) is 11.5. The van der Waals surface area contributed by atoms with Gasteiger partial charge in [-0.05, 0) is 49.7 Å². The normalized spacial score (nSPS) is 17.7. The highest BCUT2D eigenvalue weighted by atomic mass is 19.4. The molecule has 3 heterocycles. The Morgan fingerprint density at radius 1 is 1.26 bits per heavy atom. The number of esters is 1. The average Bonchev–Trinajstić information content (AvgIpc) is 3.11. The number of aromatic nitrogens is 2. The number of rotatable bonds is 5. The molecule has 1 amide bonds. The Kier molecular flexibility index (Phi) is 6.71. The van der Waals surface area contributed by atoms with Crippen LogP contribution in [0.2, 0.25) is 0 Å². The lowest BCUT2D eigenvalue weighted by atomic mass is 9.76. The molecule has 1 spiro atoms. The van der Waals surface area contributed by atoms with E-state index in [0.29, 0.717) is 68.8 Å². The van der Waals surface area contributed by atoms with Gasteiger partial charge in [0.05, 0.1) is 40.4 Å². The molecule has 0 radical (unpaired) electrons. The minimum absolute atomic E-state index is 0.0161. The maximum atomic E-state index is 14.4. The summed E-state index contributed by atoms with van der Waals surface area (Å²) in [6.07, 6.45) is -2.26. The third kappa shape index (κ3) is 4.43. The predicted molar refractivity (Wildman–Crippen MR) is 117 cm³/mol.